The van der Waals surface area contributed by atoms with Crippen LogP contribution in [-0.4, -0.2) is 23.5 Å². The third kappa shape index (κ3) is 4.00. The Morgan fingerprint density at radius 3 is 2.86 bits per heavy atom. The summed E-state index contributed by atoms with van der Waals surface area (Å²) in [5.41, 5.74) is 0. The van der Waals surface area contributed by atoms with Crippen LogP contribution in [0.3, 0.4) is 0 Å². The van der Waals surface area contributed by atoms with Crippen LogP contribution in [0, 0.1) is 0 Å². The van der Waals surface area contributed by atoms with Gasteiger partial charge in [0, 0.05) is 12.2 Å². The van der Waals surface area contributed by atoms with E-state index in [0.29, 0.717) is 18.4 Å². The van der Waals surface area contributed by atoms with Crippen molar-refractivity contribution < 1.29 is 4.79 Å². The second-order valence-corrected chi connectivity index (χ2v) is 3.30. The van der Waals surface area contributed by atoms with Gasteiger partial charge in [0.05, 0.1) is 6.54 Å². The molecule has 0 aromatic carbocycles. The average molecular weight is 193 g/mol. The summed E-state index contributed by atoms with van der Waals surface area (Å²) >= 11 is 0. The quantitative estimate of drug-likeness (QED) is 0.750. The third-order valence-corrected chi connectivity index (χ3v) is 1.60. The van der Waals surface area contributed by atoms with Crippen molar-refractivity contribution in [3.63, 3.8) is 0 Å². The fourth-order valence-electron chi connectivity index (χ4n) is 0.921. The summed E-state index contributed by atoms with van der Waals surface area (Å²) < 4.78 is 0. The van der Waals surface area contributed by atoms with Crippen LogP contribution >= 0.6 is 0 Å². The molecule has 0 atom stereocenters. The molecule has 0 spiro atoms. The maximum atomic E-state index is 11.3. The molecule has 0 saturated heterocycles. The minimum Gasteiger partial charge on any atom is -0.310 e. The van der Waals surface area contributed by atoms with Crippen LogP contribution < -0.4 is 10.6 Å². The minimum absolute atomic E-state index is 0.0719. The van der Waals surface area contributed by atoms with Crippen LogP contribution in [0.4, 0.5) is 5.82 Å². The van der Waals surface area contributed by atoms with E-state index in [1.807, 2.05) is 26.0 Å². The molecule has 4 nitrogen and oxygen atoms in total. The molecule has 0 saturated carbocycles. The number of aromatic nitrogens is 1. The predicted octanol–water partition coefficient (Wildman–Crippen LogP) is 1.02. The van der Waals surface area contributed by atoms with Crippen LogP contribution in [-0.2, 0) is 4.79 Å². The van der Waals surface area contributed by atoms with Crippen molar-refractivity contribution in [1.29, 1.82) is 0 Å². The summed E-state index contributed by atoms with van der Waals surface area (Å²) in [5.74, 6) is 0.514. The normalized spacial score (nSPS) is 10.2. The van der Waals surface area contributed by atoms with E-state index in [1.54, 1.807) is 12.3 Å². The molecule has 0 fully saturated rings. The fraction of sp³-hybridized carbons (Fsp3) is 0.400. The van der Waals surface area contributed by atoms with Gasteiger partial charge in [-0.3, -0.25) is 4.79 Å². The summed E-state index contributed by atoms with van der Waals surface area (Å²) in [5, 5.41) is 5.71. The van der Waals surface area contributed by atoms with Gasteiger partial charge in [-0.2, -0.15) is 0 Å². The molecule has 76 valence electrons. The van der Waals surface area contributed by atoms with E-state index >= 15 is 0 Å². The summed E-state index contributed by atoms with van der Waals surface area (Å²) in [7, 11) is 0. The third-order valence-electron chi connectivity index (χ3n) is 1.60. The predicted molar refractivity (Wildman–Crippen MR) is 56.0 cm³/mol. The van der Waals surface area contributed by atoms with E-state index < -0.39 is 0 Å². The van der Waals surface area contributed by atoms with Gasteiger partial charge in [0.1, 0.15) is 5.82 Å². The Labute approximate surface area is 83.7 Å². The summed E-state index contributed by atoms with van der Waals surface area (Å²) in [4.78, 5) is 15.3. The molecular formula is C10H15N3O. The number of carbonyl (C=O) groups excluding carboxylic acids is 1. The molecular weight excluding hydrogens is 178 g/mol. The van der Waals surface area contributed by atoms with Gasteiger partial charge >= 0.3 is 0 Å². The lowest BCUT2D eigenvalue weighted by Crippen LogP contribution is -2.32. The maximum absolute atomic E-state index is 11.3. The lowest BCUT2D eigenvalue weighted by atomic mass is 10.4. The molecule has 1 heterocycles. The summed E-state index contributed by atoms with van der Waals surface area (Å²) in [6, 6.07) is 5.71. The zero-order valence-corrected chi connectivity index (χ0v) is 8.45. The van der Waals surface area contributed by atoms with E-state index in [9.17, 15) is 4.79 Å². The number of carbonyl (C=O) groups is 1. The fourth-order valence-corrected chi connectivity index (χ4v) is 0.921. The molecule has 1 aromatic rings. The van der Waals surface area contributed by atoms with Crippen molar-refractivity contribution in [1.82, 2.24) is 10.3 Å². The van der Waals surface area contributed by atoms with Gasteiger partial charge in [-0.25, -0.2) is 4.98 Å². The van der Waals surface area contributed by atoms with Gasteiger partial charge < -0.3 is 10.6 Å². The molecule has 1 rings (SSSR count). The van der Waals surface area contributed by atoms with Gasteiger partial charge in [0.2, 0.25) is 5.91 Å². The average Bonchev–Trinajstić information content (AvgIpc) is 2.16. The van der Waals surface area contributed by atoms with Crippen LogP contribution in [0.5, 0.6) is 0 Å². The molecule has 4 heteroatoms. The largest absolute Gasteiger partial charge is 0.310 e. The number of nitrogens with one attached hydrogen (secondary N) is 2. The molecule has 0 unspecified atom stereocenters. The van der Waals surface area contributed by atoms with E-state index in [4.69, 9.17) is 0 Å². The zero-order chi connectivity index (χ0) is 10.4. The summed E-state index contributed by atoms with van der Waals surface area (Å²) in [6.45, 7) is 4.30. The van der Waals surface area contributed by atoms with Crippen molar-refractivity contribution in [2.75, 3.05) is 11.9 Å². The van der Waals surface area contributed by atoms with Crippen molar-refractivity contribution in [2.24, 2.45) is 0 Å². The molecule has 0 aliphatic heterocycles. The minimum atomic E-state index is -0.0719. The molecule has 1 aromatic heterocycles. The number of anilines is 1. The number of pyridine rings is 1. The van der Waals surface area contributed by atoms with Crippen LogP contribution in [0.15, 0.2) is 24.4 Å². The molecule has 14 heavy (non-hydrogen) atoms. The van der Waals surface area contributed by atoms with Crippen LogP contribution in [0.25, 0.3) is 0 Å². The van der Waals surface area contributed by atoms with E-state index in [-0.39, 0.29) is 5.91 Å². The van der Waals surface area contributed by atoms with Crippen molar-refractivity contribution in [3.05, 3.63) is 24.4 Å². The van der Waals surface area contributed by atoms with Crippen LogP contribution in [0.1, 0.15) is 13.8 Å². The van der Waals surface area contributed by atoms with Gasteiger partial charge in [-0.1, -0.05) is 19.9 Å². The van der Waals surface area contributed by atoms with Crippen molar-refractivity contribution in [3.8, 4) is 0 Å². The highest BCUT2D eigenvalue weighted by molar-refractivity contribution is 5.91. The zero-order valence-electron chi connectivity index (χ0n) is 8.45. The SMILES string of the molecule is CC(C)NCC(=O)Nc1ccccn1. The number of nitrogens with zero attached hydrogens (tertiary/aromatic N) is 1. The molecule has 0 aliphatic rings. The first kappa shape index (κ1) is 10.7. The Kier molecular flexibility index (Phi) is 4.07. The second kappa shape index (κ2) is 5.34. The monoisotopic (exact) mass is 193 g/mol. The first-order chi connectivity index (χ1) is 6.68. The highest BCUT2D eigenvalue weighted by Gasteiger charge is 2.02. The lowest BCUT2D eigenvalue weighted by molar-refractivity contribution is -0.115. The summed E-state index contributed by atoms with van der Waals surface area (Å²) in [6.07, 6.45) is 1.64. The first-order valence-electron chi connectivity index (χ1n) is 4.63. The van der Waals surface area contributed by atoms with E-state index in [1.165, 1.54) is 0 Å². The van der Waals surface area contributed by atoms with Gasteiger partial charge in [0.25, 0.3) is 0 Å². The molecule has 1 amide bonds. The molecule has 0 radical (unpaired) electrons. The van der Waals surface area contributed by atoms with Crippen LogP contribution in [0.2, 0.25) is 0 Å². The second-order valence-electron chi connectivity index (χ2n) is 3.30. The Hall–Kier alpha value is -1.42. The first-order valence-corrected chi connectivity index (χ1v) is 4.63. The van der Waals surface area contributed by atoms with Gasteiger partial charge in [-0.05, 0) is 12.1 Å². The smallest absolute Gasteiger partial charge is 0.239 e. The lowest BCUT2D eigenvalue weighted by Gasteiger charge is -2.07. The number of hydrogen-bond acceptors (Lipinski definition) is 3. The molecule has 0 bridgehead atoms. The number of amides is 1. The van der Waals surface area contributed by atoms with Crippen molar-refractivity contribution >= 4 is 11.7 Å². The molecule has 0 aliphatic carbocycles. The standard InChI is InChI=1S/C10H15N3O/c1-8(2)12-7-10(14)13-9-5-3-4-6-11-9/h3-6,8,12H,7H2,1-2H3,(H,11,13,14). The molecule has 2 N–H and O–H groups in total. The Balaban J connectivity index is 2.35. The van der Waals surface area contributed by atoms with Gasteiger partial charge in [0.15, 0.2) is 0 Å². The van der Waals surface area contributed by atoms with Crippen molar-refractivity contribution in [2.45, 2.75) is 19.9 Å². The Morgan fingerprint density at radius 2 is 2.29 bits per heavy atom. The van der Waals surface area contributed by atoms with E-state index in [0.717, 1.165) is 0 Å². The van der Waals surface area contributed by atoms with E-state index in [2.05, 4.69) is 15.6 Å². The highest BCUT2D eigenvalue weighted by atomic mass is 16.1. The Morgan fingerprint density at radius 1 is 1.50 bits per heavy atom. The number of hydrogen-bond donors (Lipinski definition) is 2. The Bertz CT molecular complexity index is 285. The maximum Gasteiger partial charge on any atom is 0.239 e. The highest BCUT2D eigenvalue weighted by Crippen LogP contribution is 1.98. The van der Waals surface area contributed by atoms with Gasteiger partial charge in [-0.15, -0.1) is 0 Å². The number of rotatable bonds is 4. The topological polar surface area (TPSA) is 54.0 Å².